The van der Waals surface area contributed by atoms with E-state index in [-0.39, 0.29) is 0 Å². The highest BCUT2D eigenvalue weighted by atomic mass is 32.1. The van der Waals surface area contributed by atoms with Crippen LogP contribution in [0.2, 0.25) is 0 Å². The van der Waals surface area contributed by atoms with Crippen LogP contribution in [0.25, 0.3) is 64.4 Å². The van der Waals surface area contributed by atoms with Crippen molar-refractivity contribution in [2.45, 2.75) is 0 Å². The lowest BCUT2D eigenvalue weighted by Crippen LogP contribution is -1.92. The molecule has 0 saturated carbocycles. The van der Waals surface area contributed by atoms with E-state index in [9.17, 15) is 0 Å². The number of nitrogens with zero attached hydrogens (tertiary/aromatic N) is 2. The van der Waals surface area contributed by atoms with E-state index in [0.29, 0.717) is 0 Å². The molecule has 3 aromatic heterocycles. The summed E-state index contributed by atoms with van der Waals surface area (Å²) in [6, 6.07) is 36.1. The van der Waals surface area contributed by atoms with Crippen LogP contribution in [0.3, 0.4) is 0 Å². The number of rotatable bonds is 2. The molecule has 0 N–H and O–H groups in total. The maximum Gasteiger partial charge on any atom is 0.0788 e. The predicted molar refractivity (Wildman–Crippen MR) is 141 cm³/mol. The van der Waals surface area contributed by atoms with Gasteiger partial charge in [-0.1, -0.05) is 72.8 Å². The van der Waals surface area contributed by atoms with Gasteiger partial charge in [0.1, 0.15) is 0 Å². The molecule has 0 aliphatic heterocycles. The molecule has 0 spiro atoms. The highest BCUT2D eigenvalue weighted by Crippen LogP contribution is 2.47. The standard InChI is InChI=1S/C30H18N2S/c1-2-10-19(11-3-1)29-23-18-22(24-14-8-9-17-31-24)30-28(21-13-5-7-16-26(21)33-30)27(23)20-12-4-6-15-25(20)32-29/h1-18H. The zero-order valence-electron chi connectivity index (χ0n) is 17.7. The zero-order chi connectivity index (χ0) is 21.8. The van der Waals surface area contributed by atoms with Gasteiger partial charge in [-0.25, -0.2) is 4.98 Å². The monoisotopic (exact) mass is 438 g/mol. The summed E-state index contributed by atoms with van der Waals surface area (Å²) < 4.78 is 2.57. The third kappa shape index (κ3) is 2.80. The van der Waals surface area contributed by atoms with E-state index in [4.69, 9.17) is 9.97 Å². The molecule has 154 valence electrons. The fourth-order valence-electron chi connectivity index (χ4n) is 4.86. The Labute approximate surface area is 194 Å². The quantitative estimate of drug-likeness (QED) is 0.253. The third-order valence-corrected chi connectivity index (χ3v) is 7.50. The van der Waals surface area contributed by atoms with E-state index in [1.807, 2.05) is 23.6 Å². The topological polar surface area (TPSA) is 25.8 Å². The third-order valence-electron chi connectivity index (χ3n) is 6.30. The molecule has 0 bridgehead atoms. The number of hydrogen-bond acceptors (Lipinski definition) is 3. The highest BCUT2D eigenvalue weighted by Gasteiger charge is 2.20. The normalized spacial score (nSPS) is 11.6. The van der Waals surface area contributed by atoms with Crippen molar-refractivity contribution in [3.8, 4) is 22.5 Å². The lowest BCUT2D eigenvalue weighted by molar-refractivity contribution is 1.34. The SMILES string of the molecule is c1ccc(-c2nc3ccccc3c3c2cc(-c2ccccn2)c2sc4ccccc4c23)cc1. The first kappa shape index (κ1) is 18.5. The molecule has 0 unspecified atom stereocenters. The Morgan fingerprint density at radius 3 is 2.21 bits per heavy atom. The molecule has 4 aromatic carbocycles. The van der Waals surface area contributed by atoms with Crippen molar-refractivity contribution in [1.29, 1.82) is 0 Å². The lowest BCUT2D eigenvalue weighted by atomic mass is 9.93. The van der Waals surface area contributed by atoms with Gasteiger partial charge in [0, 0.05) is 53.7 Å². The summed E-state index contributed by atoms with van der Waals surface area (Å²) in [7, 11) is 0. The largest absolute Gasteiger partial charge is 0.256 e. The number of para-hydroxylation sites is 1. The van der Waals surface area contributed by atoms with Gasteiger partial charge in [-0.05, 0) is 30.3 Å². The van der Waals surface area contributed by atoms with Gasteiger partial charge in [-0.15, -0.1) is 11.3 Å². The van der Waals surface area contributed by atoms with Crippen LogP contribution < -0.4 is 0 Å². The van der Waals surface area contributed by atoms with Crippen molar-refractivity contribution in [3.05, 3.63) is 109 Å². The summed E-state index contributed by atoms with van der Waals surface area (Å²) in [5.41, 5.74) is 5.31. The van der Waals surface area contributed by atoms with Crippen molar-refractivity contribution in [2.75, 3.05) is 0 Å². The summed E-state index contributed by atoms with van der Waals surface area (Å²) in [5.74, 6) is 0. The Kier molecular flexibility index (Phi) is 4.05. The van der Waals surface area contributed by atoms with E-state index < -0.39 is 0 Å². The molecule has 0 aliphatic carbocycles. The summed E-state index contributed by atoms with van der Waals surface area (Å²) in [6.45, 7) is 0. The van der Waals surface area contributed by atoms with Gasteiger partial charge in [-0.3, -0.25) is 4.98 Å². The van der Waals surface area contributed by atoms with Gasteiger partial charge in [0.05, 0.1) is 16.9 Å². The molecular weight excluding hydrogens is 420 g/mol. The Hall–Kier alpha value is -4.08. The van der Waals surface area contributed by atoms with E-state index in [0.717, 1.165) is 33.4 Å². The number of thiophene rings is 1. The summed E-state index contributed by atoms with van der Waals surface area (Å²) in [6.07, 6.45) is 1.87. The van der Waals surface area contributed by atoms with E-state index in [1.54, 1.807) is 0 Å². The first-order valence-electron chi connectivity index (χ1n) is 11.0. The lowest BCUT2D eigenvalue weighted by Gasteiger charge is -2.14. The van der Waals surface area contributed by atoms with Gasteiger partial charge in [0.15, 0.2) is 0 Å². The molecule has 3 heteroatoms. The van der Waals surface area contributed by atoms with Crippen LogP contribution in [0.15, 0.2) is 109 Å². The van der Waals surface area contributed by atoms with Crippen molar-refractivity contribution < 1.29 is 0 Å². The summed E-state index contributed by atoms with van der Waals surface area (Å²) in [4.78, 5) is 9.89. The number of pyridine rings is 2. The second-order valence-corrected chi connectivity index (χ2v) is 9.26. The fraction of sp³-hybridized carbons (Fsp3) is 0. The average molecular weight is 439 g/mol. The minimum absolute atomic E-state index is 0.989. The van der Waals surface area contributed by atoms with Crippen molar-refractivity contribution in [2.24, 2.45) is 0 Å². The molecule has 3 heterocycles. The summed E-state index contributed by atoms with van der Waals surface area (Å²) >= 11 is 1.85. The molecular formula is C30H18N2S. The minimum atomic E-state index is 0.989. The highest BCUT2D eigenvalue weighted by molar-refractivity contribution is 7.26. The molecule has 0 aliphatic rings. The fourth-order valence-corrected chi connectivity index (χ4v) is 6.09. The molecule has 2 nitrogen and oxygen atoms in total. The molecule has 0 radical (unpaired) electrons. The number of aromatic nitrogens is 2. The summed E-state index contributed by atoms with van der Waals surface area (Å²) in [5, 5.41) is 6.21. The first-order valence-corrected chi connectivity index (χ1v) is 11.8. The van der Waals surface area contributed by atoms with Crippen LogP contribution >= 0.6 is 11.3 Å². The maximum atomic E-state index is 5.16. The van der Waals surface area contributed by atoms with Crippen LogP contribution in [-0.4, -0.2) is 9.97 Å². The van der Waals surface area contributed by atoms with Crippen LogP contribution in [0.1, 0.15) is 0 Å². The van der Waals surface area contributed by atoms with Crippen LogP contribution in [-0.2, 0) is 0 Å². The molecule has 0 atom stereocenters. The minimum Gasteiger partial charge on any atom is -0.256 e. The average Bonchev–Trinajstić information content (AvgIpc) is 3.28. The van der Waals surface area contributed by atoms with Crippen molar-refractivity contribution >= 4 is 53.2 Å². The first-order chi connectivity index (χ1) is 16.4. The van der Waals surface area contributed by atoms with E-state index in [1.165, 1.54) is 30.9 Å². The van der Waals surface area contributed by atoms with Crippen LogP contribution in [0.5, 0.6) is 0 Å². The van der Waals surface area contributed by atoms with E-state index >= 15 is 0 Å². The maximum absolute atomic E-state index is 5.16. The number of fused-ring (bicyclic) bond motifs is 7. The van der Waals surface area contributed by atoms with Crippen LogP contribution in [0, 0.1) is 0 Å². The zero-order valence-corrected chi connectivity index (χ0v) is 18.5. The Bertz CT molecular complexity index is 1760. The number of benzene rings is 4. The van der Waals surface area contributed by atoms with Gasteiger partial charge in [-0.2, -0.15) is 0 Å². The van der Waals surface area contributed by atoms with Crippen molar-refractivity contribution in [1.82, 2.24) is 9.97 Å². The molecule has 0 amide bonds. The molecule has 7 rings (SSSR count). The predicted octanol–water partition coefficient (Wildman–Crippen LogP) is 8.48. The Morgan fingerprint density at radius 1 is 0.606 bits per heavy atom. The number of hydrogen-bond donors (Lipinski definition) is 0. The van der Waals surface area contributed by atoms with Gasteiger partial charge in [0.2, 0.25) is 0 Å². The van der Waals surface area contributed by atoms with Crippen molar-refractivity contribution in [3.63, 3.8) is 0 Å². The van der Waals surface area contributed by atoms with Gasteiger partial charge in [0.25, 0.3) is 0 Å². The van der Waals surface area contributed by atoms with Crippen LogP contribution in [0.4, 0.5) is 0 Å². The smallest absolute Gasteiger partial charge is 0.0788 e. The Balaban J connectivity index is 1.79. The molecule has 33 heavy (non-hydrogen) atoms. The molecule has 0 saturated heterocycles. The second-order valence-electron chi connectivity index (χ2n) is 8.21. The second kappa shape index (κ2) is 7.22. The molecule has 7 aromatic rings. The van der Waals surface area contributed by atoms with E-state index in [2.05, 4.69) is 97.1 Å². The van der Waals surface area contributed by atoms with Gasteiger partial charge < -0.3 is 0 Å². The Morgan fingerprint density at radius 2 is 1.36 bits per heavy atom. The van der Waals surface area contributed by atoms with Gasteiger partial charge >= 0.3 is 0 Å². The molecule has 0 fully saturated rings.